The zero-order chi connectivity index (χ0) is 15.5. The van der Waals surface area contributed by atoms with Crippen molar-refractivity contribution >= 4 is 17.2 Å². The van der Waals surface area contributed by atoms with Crippen LogP contribution in [-0.4, -0.2) is 56.4 Å². The van der Waals surface area contributed by atoms with Crippen LogP contribution in [0.15, 0.2) is 24.1 Å². The highest BCUT2D eigenvalue weighted by molar-refractivity contribution is 7.09. The number of carbonyl (C=O) groups is 1. The van der Waals surface area contributed by atoms with Gasteiger partial charge in [0.2, 0.25) is 5.91 Å². The van der Waals surface area contributed by atoms with Crippen LogP contribution >= 0.6 is 11.3 Å². The Hall–Kier alpha value is -1.73. The van der Waals surface area contributed by atoms with E-state index in [9.17, 15) is 4.79 Å². The predicted molar refractivity (Wildman–Crippen MR) is 85.6 cm³/mol. The minimum Gasteiger partial charge on any atom is -0.338 e. The number of thiazole rings is 1. The summed E-state index contributed by atoms with van der Waals surface area (Å²) < 4.78 is 1.85. The third kappa shape index (κ3) is 3.36. The molecule has 2 aromatic rings. The summed E-state index contributed by atoms with van der Waals surface area (Å²) in [6.45, 7) is 8.19. The second-order valence-corrected chi connectivity index (χ2v) is 6.71. The monoisotopic (exact) mass is 319 g/mol. The summed E-state index contributed by atoms with van der Waals surface area (Å²) >= 11 is 1.69. The lowest BCUT2D eigenvalue weighted by molar-refractivity contribution is -0.136. The minimum atomic E-state index is -0.185. The molecule has 0 unspecified atom stereocenters. The Bertz CT molecular complexity index is 616. The molecule has 3 rings (SSSR count). The number of nitrogens with zero attached hydrogens (tertiary/aromatic N) is 5. The maximum absolute atomic E-state index is 12.5. The van der Waals surface area contributed by atoms with E-state index in [1.807, 2.05) is 29.5 Å². The third-order valence-electron chi connectivity index (χ3n) is 4.07. The fourth-order valence-corrected chi connectivity index (χ4v) is 3.33. The van der Waals surface area contributed by atoms with Gasteiger partial charge in [0, 0.05) is 50.5 Å². The number of imidazole rings is 1. The van der Waals surface area contributed by atoms with Gasteiger partial charge in [-0.15, -0.1) is 11.3 Å². The van der Waals surface area contributed by atoms with Crippen molar-refractivity contribution in [1.82, 2.24) is 24.3 Å². The van der Waals surface area contributed by atoms with E-state index < -0.39 is 0 Å². The molecule has 1 amide bonds. The maximum atomic E-state index is 12.5. The van der Waals surface area contributed by atoms with Crippen molar-refractivity contribution in [2.75, 3.05) is 26.2 Å². The number of hydrogen-bond acceptors (Lipinski definition) is 5. The van der Waals surface area contributed by atoms with Gasteiger partial charge in [0.05, 0.1) is 17.0 Å². The molecule has 22 heavy (non-hydrogen) atoms. The van der Waals surface area contributed by atoms with Gasteiger partial charge in [-0.3, -0.25) is 9.69 Å². The summed E-state index contributed by atoms with van der Waals surface area (Å²) in [6, 6.07) is -0.185. The van der Waals surface area contributed by atoms with E-state index in [1.54, 1.807) is 23.9 Å². The van der Waals surface area contributed by atoms with Crippen LogP contribution in [0, 0.1) is 6.92 Å². The van der Waals surface area contributed by atoms with Crippen molar-refractivity contribution in [3.63, 3.8) is 0 Å². The standard InChI is InChI=1S/C15H21N5OS/c1-12(20-4-3-16-11-20)15(21)19-7-5-18(6-8-19)9-14-10-22-13(2)17-14/h3-4,10-12H,5-9H2,1-2H3/t12-/m1/s1. The second-order valence-electron chi connectivity index (χ2n) is 5.65. The molecule has 1 saturated heterocycles. The molecule has 6 nitrogen and oxygen atoms in total. The Morgan fingerprint density at radius 2 is 2.14 bits per heavy atom. The van der Waals surface area contributed by atoms with Crippen molar-refractivity contribution < 1.29 is 4.79 Å². The van der Waals surface area contributed by atoms with Crippen LogP contribution in [0.5, 0.6) is 0 Å². The molecule has 118 valence electrons. The van der Waals surface area contributed by atoms with E-state index in [2.05, 4.69) is 20.2 Å². The molecule has 1 atom stereocenters. The van der Waals surface area contributed by atoms with Gasteiger partial charge in [-0.05, 0) is 13.8 Å². The number of hydrogen-bond donors (Lipinski definition) is 0. The summed E-state index contributed by atoms with van der Waals surface area (Å²) in [7, 11) is 0. The highest BCUT2D eigenvalue weighted by Crippen LogP contribution is 2.15. The van der Waals surface area contributed by atoms with Crippen molar-refractivity contribution in [1.29, 1.82) is 0 Å². The molecule has 0 spiro atoms. The molecule has 0 saturated carbocycles. The summed E-state index contributed by atoms with van der Waals surface area (Å²) in [5.74, 6) is 0.169. The fourth-order valence-electron chi connectivity index (χ4n) is 2.73. The van der Waals surface area contributed by atoms with Crippen molar-refractivity contribution in [2.24, 2.45) is 0 Å². The van der Waals surface area contributed by atoms with Gasteiger partial charge in [0.15, 0.2) is 0 Å². The molecule has 2 aromatic heterocycles. The molecule has 0 N–H and O–H groups in total. The third-order valence-corrected chi connectivity index (χ3v) is 4.89. The normalized spacial score (nSPS) is 17.6. The molecular weight excluding hydrogens is 298 g/mol. The van der Waals surface area contributed by atoms with Crippen molar-refractivity contribution in [3.8, 4) is 0 Å². The molecule has 0 aliphatic carbocycles. The molecule has 0 radical (unpaired) electrons. The highest BCUT2D eigenvalue weighted by atomic mass is 32.1. The fraction of sp³-hybridized carbons (Fsp3) is 0.533. The Kier molecular flexibility index (Phi) is 4.54. The first kappa shape index (κ1) is 15.2. The maximum Gasteiger partial charge on any atom is 0.245 e. The minimum absolute atomic E-state index is 0.169. The van der Waals surface area contributed by atoms with Gasteiger partial charge in [0.1, 0.15) is 6.04 Å². The van der Waals surface area contributed by atoms with E-state index in [-0.39, 0.29) is 11.9 Å². The average molecular weight is 319 g/mol. The van der Waals surface area contributed by atoms with Crippen LogP contribution in [0.1, 0.15) is 23.7 Å². The number of rotatable bonds is 4. The summed E-state index contributed by atoms with van der Waals surface area (Å²) in [6.07, 6.45) is 5.24. The molecule has 1 aliphatic heterocycles. The van der Waals surface area contributed by atoms with Crippen LogP contribution in [-0.2, 0) is 11.3 Å². The first-order chi connectivity index (χ1) is 10.6. The second kappa shape index (κ2) is 6.58. The molecule has 7 heteroatoms. The van der Waals surface area contributed by atoms with E-state index in [4.69, 9.17) is 0 Å². The van der Waals surface area contributed by atoms with Crippen LogP contribution in [0.2, 0.25) is 0 Å². The first-order valence-corrected chi connectivity index (χ1v) is 8.41. The number of aryl methyl sites for hydroxylation is 1. The van der Waals surface area contributed by atoms with Crippen molar-refractivity contribution in [2.45, 2.75) is 26.4 Å². The van der Waals surface area contributed by atoms with E-state index in [1.165, 1.54) is 0 Å². The van der Waals surface area contributed by atoms with E-state index >= 15 is 0 Å². The van der Waals surface area contributed by atoms with Gasteiger partial charge in [-0.2, -0.15) is 0 Å². The summed E-state index contributed by atoms with van der Waals surface area (Å²) in [5, 5.41) is 3.23. The number of piperazine rings is 1. The Morgan fingerprint density at radius 1 is 1.36 bits per heavy atom. The molecular formula is C15H21N5OS. The van der Waals surface area contributed by atoms with Crippen molar-refractivity contribution in [3.05, 3.63) is 34.8 Å². The lowest BCUT2D eigenvalue weighted by atomic mass is 10.2. The van der Waals surface area contributed by atoms with Gasteiger partial charge in [-0.25, -0.2) is 9.97 Å². The lowest BCUT2D eigenvalue weighted by Gasteiger charge is -2.35. The average Bonchev–Trinajstić information content (AvgIpc) is 3.18. The molecule has 3 heterocycles. The van der Waals surface area contributed by atoms with Crippen LogP contribution in [0.3, 0.4) is 0 Å². The number of amides is 1. The molecule has 1 aliphatic rings. The Balaban J connectivity index is 1.52. The Morgan fingerprint density at radius 3 is 2.73 bits per heavy atom. The molecule has 0 aromatic carbocycles. The smallest absolute Gasteiger partial charge is 0.245 e. The van der Waals surface area contributed by atoms with Gasteiger partial charge < -0.3 is 9.47 Å². The predicted octanol–water partition coefficient (Wildman–Crippen LogP) is 1.55. The number of aromatic nitrogens is 3. The van der Waals surface area contributed by atoms with Gasteiger partial charge >= 0.3 is 0 Å². The summed E-state index contributed by atoms with van der Waals surface area (Å²) in [5.41, 5.74) is 1.13. The molecule has 0 bridgehead atoms. The lowest BCUT2D eigenvalue weighted by Crippen LogP contribution is -2.49. The topological polar surface area (TPSA) is 54.3 Å². The molecule has 1 fully saturated rings. The van der Waals surface area contributed by atoms with Crippen LogP contribution in [0.4, 0.5) is 0 Å². The Labute approximate surface area is 134 Å². The number of carbonyl (C=O) groups excluding carboxylic acids is 1. The van der Waals surface area contributed by atoms with Gasteiger partial charge in [-0.1, -0.05) is 0 Å². The zero-order valence-electron chi connectivity index (χ0n) is 13.0. The SMILES string of the molecule is Cc1nc(CN2CCN(C(=O)[C@@H](C)n3ccnc3)CC2)cs1. The van der Waals surface area contributed by atoms with Gasteiger partial charge in [0.25, 0.3) is 0 Å². The van der Waals surface area contributed by atoms with Crippen LogP contribution < -0.4 is 0 Å². The van der Waals surface area contributed by atoms with Crippen LogP contribution in [0.25, 0.3) is 0 Å². The first-order valence-electron chi connectivity index (χ1n) is 7.53. The van der Waals surface area contributed by atoms with E-state index in [0.29, 0.717) is 0 Å². The summed E-state index contributed by atoms with van der Waals surface area (Å²) in [4.78, 5) is 25.3. The highest BCUT2D eigenvalue weighted by Gasteiger charge is 2.25. The largest absolute Gasteiger partial charge is 0.338 e. The zero-order valence-corrected chi connectivity index (χ0v) is 13.8. The van der Waals surface area contributed by atoms with E-state index in [0.717, 1.165) is 43.4 Å². The quantitative estimate of drug-likeness (QED) is 0.858.